The third-order valence-electron chi connectivity index (χ3n) is 2.96. The zero-order valence-corrected chi connectivity index (χ0v) is 9.60. The predicted molar refractivity (Wildman–Crippen MR) is 65.3 cm³/mol. The van der Waals surface area contributed by atoms with Gasteiger partial charge in [0.15, 0.2) is 0 Å². The lowest BCUT2D eigenvalue weighted by atomic mass is 9.76. The predicted octanol–water partition coefficient (Wildman–Crippen LogP) is 2.47. The van der Waals surface area contributed by atoms with E-state index in [1.807, 2.05) is 43.3 Å². The molecule has 0 amide bonds. The van der Waals surface area contributed by atoms with Gasteiger partial charge >= 0.3 is 0 Å². The summed E-state index contributed by atoms with van der Waals surface area (Å²) in [5.74, 6) is 0. The summed E-state index contributed by atoms with van der Waals surface area (Å²) < 4.78 is 0. The van der Waals surface area contributed by atoms with Crippen LogP contribution in [0.1, 0.15) is 25.3 Å². The number of aliphatic hydroxyl groups is 1. The van der Waals surface area contributed by atoms with E-state index in [0.717, 1.165) is 18.3 Å². The molecule has 1 atom stereocenters. The lowest BCUT2D eigenvalue weighted by Crippen LogP contribution is -2.26. The number of rotatable bonds is 6. The van der Waals surface area contributed by atoms with Crippen LogP contribution in [0.25, 0.3) is 0 Å². The lowest BCUT2D eigenvalue weighted by molar-refractivity contribution is -0.112. The molecule has 0 aliphatic carbocycles. The molecule has 1 unspecified atom stereocenters. The van der Waals surface area contributed by atoms with Crippen LogP contribution in [-0.2, 0) is 10.2 Å². The van der Waals surface area contributed by atoms with Gasteiger partial charge in [-0.2, -0.15) is 0 Å². The van der Waals surface area contributed by atoms with Crippen molar-refractivity contribution < 1.29 is 9.90 Å². The number of hydrogen-bond acceptors (Lipinski definition) is 2. The van der Waals surface area contributed by atoms with Crippen LogP contribution in [0.2, 0.25) is 0 Å². The van der Waals surface area contributed by atoms with Gasteiger partial charge in [0.1, 0.15) is 6.29 Å². The molecule has 0 saturated carbocycles. The first-order chi connectivity index (χ1) is 7.79. The van der Waals surface area contributed by atoms with Gasteiger partial charge in [-0.15, -0.1) is 0 Å². The molecule has 86 valence electrons. The van der Waals surface area contributed by atoms with Crippen molar-refractivity contribution >= 4 is 6.29 Å². The minimum Gasteiger partial charge on any atom is -0.392 e. The van der Waals surface area contributed by atoms with E-state index in [2.05, 4.69) is 0 Å². The Morgan fingerprint density at radius 1 is 1.25 bits per heavy atom. The largest absolute Gasteiger partial charge is 0.392 e. The molecule has 0 aliphatic heterocycles. The SMILES string of the molecule is CCC(C=O)(C/C=C/CO)c1ccccc1. The molecule has 0 saturated heterocycles. The molecule has 2 heteroatoms. The quantitative estimate of drug-likeness (QED) is 0.588. The van der Waals surface area contributed by atoms with Crippen LogP contribution in [0.15, 0.2) is 42.5 Å². The smallest absolute Gasteiger partial charge is 0.130 e. The second-order valence-electron chi connectivity index (χ2n) is 3.85. The van der Waals surface area contributed by atoms with E-state index >= 15 is 0 Å². The molecule has 1 aromatic rings. The Morgan fingerprint density at radius 3 is 2.44 bits per heavy atom. The lowest BCUT2D eigenvalue weighted by Gasteiger charge is -2.25. The molecule has 0 fully saturated rings. The normalized spacial score (nSPS) is 14.9. The first-order valence-corrected chi connectivity index (χ1v) is 5.57. The Bertz CT molecular complexity index is 343. The fraction of sp³-hybridized carbons (Fsp3) is 0.357. The van der Waals surface area contributed by atoms with Gasteiger partial charge in [0.25, 0.3) is 0 Å². The summed E-state index contributed by atoms with van der Waals surface area (Å²) in [5, 5.41) is 8.70. The molecule has 0 aliphatic rings. The Kier molecular flexibility index (Phi) is 4.93. The zero-order chi connectivity index (χ0) is 11.9. The molecule has 16 heavy (non-hydrogen) atoms. The van der Waals surface area contributed by atoms with Gasteiger partial charge in [-0.1, -0.05) is 49.4 Å². The van der Waals surface area contributed by atoms with Gasteiger partial charge in [-0.25, -0.2) is 0 Å². The highest BCUT2D eigenvalue weighted by molar-refractivity contribution is 5.68. The Labute approximate surface area is 96.6 Å². The van der Waals surface area contributed by atoms with Crippen LogP contribution in [-0.4, -0.2) is 18.0 Å². The van der Waals surface area contributed by atoms with Crippen molar-refractivity contribution in [3.05, 3.63) is 48.0 Å². The van der Waals surface area contributed by atoms with Crippen molar-refractivity contribution in [3.8, 4) is 0 Å². The third kappa shape index (κ3) is 2.80. The molecule has 0 heterocycles. The summed E-state index contributed by atoms with van der Waals surface area (Å²) in [5.41, 5.74) is 0.586. The number of benzene rings is 1. The fourth-order valence-electron chi connectivity index (χ4n) is 1.80. The van der Waals surface area contributed by atoms with Gasteiger partial charge < -0.3 is 9.90 Å². The van der Waals surface area contributed by atoms with Gasteiger partial charge in [-0.05, 0) is 18.4 Å². The maximum Gasteiger partial charge on any atom is 0.130 e. The highest BCUT2D eigenvalue weighted by Crippen LogP contribution is 2.29. The molecule has 0 aromatic heterocycles. The molecule has 0 spiro atoms. The van der Waals surface area contributed by atoms with E-state index in [4.69, 9.17) is 5.11 Å². The van der Waals surface area contributed by atoms with E-state index < -0.39 is 5.41 Å². The minimum atomic E-state index is -0.451. The molecule has 1 N–H and O–H groups in total. The maximum absolute atomic E-state index is 11.4. The van der Waals surface area contributed by atoms with Crippen LogP contribution >= 0.6 is 0 Å². The van der Waals surface area contributed by atoms with Crippen molar-refractivity contribution in [1.82, 2.24) is 0 Å². The Hall–Kier alpha value is -1.41. The van der Waals surface area contributed by atoms with Crippen molar-refractivity contribution in [2.24, 2.45) is 0 Å². The van der Waals surface area contributed by atoms with Crippen molar-refractivity contribution in [3.63, 3.8) is 0 Å². The average molecular weight is 218 g/mol. The van der Waals surface area contributed by atoms with Crippen molar-refractivity contribution in [2.75, 3.05) is 6.61 Å². The Balaban J connectivity index is 2.96. The zero-order valence-electron chi connectivity index (χ0n) is 9.60. The number of aliphatic hydroxyl groups excluding tert-OH is 1. The second kappa shape index (κ2) is 6.23. The number of aldehydes is 1. The number of carbonyl (C=O) groups is 1. The van der Waals surface area contributed by atoms with Gasteiger partial charge in [0.2, 0.25) is 0 Å². The summed E-state index contributed by atoms with van der Waals surface area (Å²) in [4.78, 5) is 11.4. The van der Waals surface area contributed by atoms with Gasteiger partial charge in [0, 0.05) is 0 Å². The molecule has 0 radical (unpaired) electrons. The topological polar surface area (TPSA) is 37.3 Å². The van der Waals surface area contributed by atoms with Crippen LogP contribution in [0.4, 0.5) is 0 Å². The van der Waals surface area contributed by atoms with Crippen LogP contribution in [0.3, 0.4) is 0 Å². The molecule has 1 rings (SSSR count). The second-order valence-corrected chi connectivity index (χ2v) is 3.85. The molecule has 0 bridgehead atoms. The highest BCUT2D eigenvalue weighted by Gasteiger charge is 2.28. The van der Waals surface area contributed by atoms with Crippen LogP contribution in [0.5, 0.6) is 0 Å². The summed E-state index contributed by atoms with van der Waals surface area (Å²) in [7, 11) is 0. The molecule has 1 aromatic carbocycles. The van der Waals surface area contributed by atoms with E-state index in [1.54, 1.807) is 6.08 Å². The van der Waals surface area contributed by atoms with Gasteiger partial charge in [0.05, 0.1) is 12.0 Å². The van der Waals surface area contributed by atoms with Crippen molar-refractivity contribution in [1.29, 1.82) is 0 Å². The monoisotopic (exact) mass is 218 g/mol. The summed E-state index contributed by atoms with van der Waals surface area (Å²) in [6.45, 7) is 2.03. The first kappa shape index (κ1) is 12.7. The molecular formula is C14H18O2. The molecular weight excluding hydrogens is 200 g/mol. The minimum absolute atomic E-state index is 0.0213. The standard InChI is InChI=1S/C14H18O2/c1-2-14(12-16,10-6-7-11-15)13-8-4-3-5-9-13/h3-9,12,15H,2,10-11H2,1H3/b7-6+. The van der Waals surface area contributed by atoms with Gasteiger partial charge in [-0.3, -0.25) is 0 Å². The van der Waals surface area contributed by atoms with E-state index in [9.17, 15) is 4.79 Å². The van der Waals surface area contributed by atoms with Crippen molar-refractivity contribution in [2.45, 2.75) is 25.2 Å². The molecule has 2 nitrogen and oxygen atoms in total. The number of allylic oxidation sites excluding steroid dienone is 1. The van der Waals surface area contributed by atoms with Crippen LogP contribution in [0, 0.1) is 0 Å². The highest BCUT2D eigenvalue weighted by atomic mass is 16.2. The third-order valence-corrected chi connectivity index (χ3v) is 2.96. The van der Waals surface area contributed by atoms with E-state index in [1.165, 1.54) is 0 Å². The fourth-order valence-corrected chi connectivity index (χ4v) is 1.80. The summed E-state index contributed by atoms with van der Waals surface area (Å²) in [6, 6.07) is 9.78. The number of carbonyl (C=O) groups excluding carboxylic acids is 1. The van der Waals surface area contributed by atoms with E-state index in [0.29, 0.717) is 6.42 Å². The average Bonchev–Trinajstić information content (AvgIpc) is 2.36. The summed E-state index contributed by atoms with van der Waals surface area (Å²) >= 11 is 0. The van der Waals surface area contributed by atoms with E-state index in [-0.39, 0.29) is 6.61 Å². The first-order valence-electron chi connectivity index (χ1n) is 5.57. The maximum atomic E-state index is 11.4. The van der Waals surface area contributed by atoms with Crippen LogP contribution < -0.4 is 0 Å². The number of hydrogen-bond donors (Lipinski definition) is 1. The summed E-state index contributed by atoms with van der Waals surface area (Å²) in [6.07, 6.45) is 5.96. The Morgan fingerprint density at radius 2 is 1.94 bits per heavy atom.